The van der Waals surface area contributed by atoms with Gasteiger partial charge in [-0.25, -0.2) is 0 Å². The smallest absolute Gasteiger partial charge is 0.119 e. The van der Waals surface area contributed by atoms with Crippen molar-refractivity contribution in [2.45, 2.75) is 19.9 Å². The summed E-state index contributed by atoms with van der Waals surface area (Å²) in [5.74, 6) is 0.904. The highest BCUT2D eigenvalue weighted by Crippen LogP contribution is 2.17. The molecule has 1 atom stereocenters. The van der Waals surface area contributed by atoms with Crippen LogP contribution in [0.5, 0.6) is 5.75 Å². The fourth-order valence-electron chi connectivity index (χ4n) is 1.26. The van der Waals surface area contributed by atoms with Crippen molar-refractivity contribution in [3.63, 3.8) is 0 Å². The first-order chi connectivity index (χ1) is 6.77. The van der Waals surface area contributed by atoms with Crippen LogP contribution in [-0.2, 0) is 4.84 Å². The lowest BCUT2D eigenvalue weighted by atomic mass is 10.1. The van der Waals surface area contributed by atoms with Gasteiger partial charge >= 0.3 is 0 Å². The van der Waals surface area contributed by atoms with E-state index in [0.717, 1.165) is 5.75 Å². The maximum atomic E-state index is 5.35. The van der Waals surface area contributed by atoms with Gasteiger partial charge in [-0.1, -0.05) is 12.1 Å². The molecule has 0 radical (unpaired) electrons. The van der Waals surface area contributed by atoms with E-state index in [2.05, 4.69) is 5.48 Å². The second-order valence-corrected chi connectivity index (χ2v) is 3.05. The number of hydrogen-bond acceptors (Lipinski definition) is 3. The topological polar surface area (TPSA) is 30.5 Å². The molecule has 0 saturated carbocycles. The van der Waals surface area contributed by atoms with Crippen LogP contribution in [0.3, 0.4) is 0 Å². The Hall–Kier alpha value is -1.06. The Morgan fingerprint density at radius 2 is 1.93 bits per heavy atom. The molecule has 1 aromatic carbocycles. The summed E-state index contributed by atoms with van der Waals surface area (Å²) in [6.45, 7) is 4.72. The van der Waals surface area contributed by atoms with Gasteiger partial charge in [0, 0.05) is 0 Å². The van der Waals surface area contributed by atoms with Crippen LogP contribution in [-0.4, -0.2) is 13.7 Å². The lowest BCUT2D eigenvalue weighted by molar-refractivity contribution is 0.0658. The van der Waals surface area contributed by atoms with Crippen LogP contribution >= 0.6 is 0 Å². The highest BCUT2D eigenvalue weighted by molar-refractivity contribution is 5.28. The monoisotopic (exact) mass is 195 g/mol. The molecule has 0 aromatic heterocycles. The molecule has 3 heteroatoms. The van der Waals surface area contributed by atoms with Crippen LogP contribution in [0.2, 0.25) is 0 Å². The Kier molecular flexibility index (Phi) is 4.43. The van der Waals surface area contributed by atoms with E-state index in [-0.39, 0.29) is 6.04 Å². The van der Waals surface area contributed by atoms with E-state index in [0.29, 0.717) is 6.61 Å². The quantitative estimate of drug-likeness (QED) is 0.731. The molecular formula is C11H17NO2. The summed E-state index contributed by atoms with van der Waals surface area (Å²) in [4.78, 5) is 4.85. The van der Waals surface area contributed by atoms with E-state index < -0.39 is 0 Å². The average Bonchev–Trinajstić information content (AvgIpc) is 2.20. The molecule has 0 saturated heterocycles. The van der Waals surface area contributed by atoms with Gasteiger partial charge in [0.15, 0.2) is 0 Å². The molecule has 78 valence electrons. The molecular weight excluding hydrogens is 178 g/mol. The van der Waals surface area contributed by atoms with Crippen molar-refractivity contribution in [1.82, 2.24) is 5.48 Å². The number of benzene rings is 1. The summed E-state index contributed by atoms with van der Waals surface area (Å²) in [6.07, 6.45) is 0. The van der Waals surface area contributed by atoms with Crippen molar-refractivity contribution in [2.75, 3.05) is 13.7 Å². The van der Waals surface area contributed by atoms with E-state index in [9.17, 15) is 0 Å². The van der Waals surface area contributed by atoms with Crippen molar-refractivity contribution in [2.24, 2.45) is 0 Å². The first-order valence-electron chi connectivity index (χ1n) is 4.79. The SMILES string of the molecule is CCOc1ccc(C(C)NOC)cc1. The van der Waals surface area contributed by atoms with E-state index in [1.165, 1.54) is 5.56 Å². The van der Waals surface area contributed by atoms with Gasteiger partial charge in [0.1, 0.15) is 5.75 Å². The fraction of sp³-hybridized carbons (Fsp3) is 0.455. The Balaban J connectivity index is 2.62. The molecule has 0 aliphatic carbocycles. The zero-order chi connectivity index (χ0) is 10.4. The summed E-state index contributed by atoms with van der Waals surface area (Å²) in [5.41, 5.74) is 4.05. The molecule has 14 heavy (non-hydrogen) atoms. The molecule has 1 rings (SSSR count). The van der Waals surface area contributed by atoms with Gasteiger partial charge in [-0.05, 0) is 31.5 Å². The second-order valence-electron chi connectivity index (χ2n) is 3.05. The summed E-state index contributed by atoms with van der Waals surface area (Å²) in [5, 5.41) is 0. The van der Waals surface area contributed by atoms with Gasteiger partial charge < -0.3 is 9.57 Å². The second kappa shape index (κ2) is 5.62. The Labute approximate surface area is 85.0 Å². The van der Waals surface area contributed by atoms with E-state index in [1.54, 1.807) is 7.11 Å². The normalized spacial score (nSPS) is 12.5. The number of hydroxylamine groups is 1. The number of nitrogens with one attached hydrogen (secondary N) is 1. The van der Waals surface area contributed by atoms with Crippen molar-refractivity contribution < 1.29 is 9.57 Å². The summed E-state index contributed by atoms with van der Waals surface area (Å²) in [7, 11) is 1.62. The van der Waals surface area contributed by atoms with Crippen LogP contribution in [0.25, 0.3) is 0 Å². The van der Waals surface area contributed by atoms with Crippen LogP contribution in [0.4, 0.5) is 0 Å². The van der Waals surface area contributed by atoms with Gasteiger partial charge in [0.25, 0.3) is 0 Å². The standard InChI is InChI=1S/C11H17NO2/c1-4-14-11-7-5-10(6-8-11)9(2)12-13-3/h5-9,12H,4H2,1-3H3. The number of hydrogen-bond donors (Lipinski definition) is 1. The first-order valence-corrected chi connectivity index (χ1v) is 4.79. The van der Waals surface area contributed by atoms with Crippen molar-refractivity contribution in [1.29, 1.82) is 0 Å². The number of ether oxygens (including phenoxy) is 1. The fourth-order valence-corrected chi connectivity index (χ4v) is 1.26. The molecule has 1 N–H and O–H groups in total. The van der Waals surface area contributed by atoms with Crippen LogP contribution in [0.1, 0.15) is 25.5 Å². The minimum atomic E-state index is 0.190. The molecule has 1 unspecified atom stereocenters. The highest BCUT2D eigenvalue weighted by Gasteiger charge is 2.03. The van der Waals surface area contributed by atoms with Gasteiger partial charge in [0.2, 0.25) is 0 Å². The molecule has 3 nitrogen and oxygen atoms in total. The Morgan fingerprint density at radius 3 is 2.43 bits per heavy atom. The van der Waals surface area contributed by atoms with Gasteiger partial charge in [-0.2, -0.15) is 5.48 Å². The Bertz CT molecular complexity index is 258. The van der Waals surface area contributed by atoms with Crippen molar-refractivity contribution in [3.8, 4) is 5.75 Å². The summed E-state index contributed by atoms with van der Waals surface area (Å²) in [6, 6.07) is 8.18. The summed E-state index contributed by atoms with van der Waals surface area (Å²) >= 11 is 0. The third-order valence-corrected chi connectivity index (χ3v) is 1.99. The van der Waals surface area contributed by atoms with Crippen molar-refractivity contribution >= 4 is 0 Å². The summed E-state index contributed by atoms with van der Waals surface area (Å²) < 4.78 is 5.35. The molecule has 0 fully saturated rings. The minimum Gasteiger partial charge on any atom is -0.494 e. The Morgan fingerprint density at radius 1 is 1.29 bits per heavy atom. The predicted molar refractivity (Wildman–Crippen MR) is 56.2 cm³/mol. The molecule has 0 bridgehead atoms. The third kappa shape index (κ3) is 3.01. The van der Waals surface area contributed by atoms with Crippen molar-refractivity contribution in [3.05, 3.63) is 29.8 Å². The van der Waals surface area contributed by atoms with Gasteiger partial charge in [-0.3, -0.25) is 0 Å². The van der Waals surface area contributed by atoms with E-state index >= 15 is 0 Å². The maximum absolute atomic E-state index is 5.35. The lowest BCUT2D eigenvalue weighted by Gasteiger charge is -2.12. The zero-order valence-corrected chi connectivity index (χ0v) is 8.91. The molecule has 0 aliphatic heterocycles. The average molecular weight is 195 g/mol. The maximum Gasteiger partial charge on any atom is 0.119 e. The van der Waals surface area contributed by atoms with Crippen LogP contribution < -0.4 is 10.2 Å². The lowest BCUT2D eigenvalue weighted by Crippen LogP contribution is -2.16. The van der Waals surface area contributed by atoms with Gasteiger partial charge in [0.05, 0.1) is 19.8 Å². The van der Waals surface area contributed by atoms with Crippen LogP contribution in [0.15, 0.2) is 24.3 Å². The minimum absolute atomic E-state index is 0.190. The third-order valence-electron chi connectivity index (χ3n) is 1.99. The first kappa shape index (κ1) is 11.0. The van der Waals surface area contributed by atoms with E-state index in [1.807, 2.05) is 38.1 Å². The molecule has 0 heterocycles. The van der Waals surface area contributed by atoms with Crippen LogP contribution in [0, 0.1) is 0 Å². The number of rotatable bonds is 5. The largest absolute Gasteiger partial charge is 0.494 e. The predicted octanol–water partition coefficient (Wildman–Crippen LogP) is 2.30. The zero-order valence-electron chi connectivity index (χ0n) is 8.91. The molecule has 1 aromatic rings. The molecule has 0 aliphatic rings. The van der Waals surface area contributed by atoms with E-state index in [4.69, 9.17) is 9.57 Å². The highest BCUT2D eigenvalue weighted by atomic mass is 16.6. The molecule has 0 spiro atoms. The molecule has 0 amide bonds. The van der Waals surface area contributed by atoms with Gasteiger partial charge in [-0.15, -0.1) is 0 Å².